The summed E-state index contributed by atoms with van der Waals surface area (Å²) >= 11 is 0. The van der Waals surface area contributed by atoms with Gasteiger partial charge < -0.3 is 4.90 Å². The maximum absolute atomic E-state index is 5.48. The van der Waals surface area contributed by atoms with Gasteiger partial charge in [0.25, 0.3) is 0 Å². The fraction of sp³-hybridized carbons (Fsp3) is 0.538. The Kier molecular flexibility index (Phi) is 3.96. The molecule has 3 rings (SSSR count). The van der Waals surface area contributed by atoms with E-state index in [1.165, 1.54) is 12.8 Å². The van der Waals surface area contributed by atoms with Gasteiger partial charge in [-0.3, -0.25) is 9.99 Å². The van der Waals surface area contributed by atoms with E-state index in [1.807, 2.05) is 0 Å². The smallest absolute Gasteiger partial charge is 0.243 e. The second kappa shape index (κ2) is 6.04. The summed E-state index contributed by atoms with van der Waals surface area (Å²) in [4.78, 5) is 19.4. The molecule has 1 aliphatic carbocycles. The Morgan fingerprint density at radius 2 is 2.24 bits per heavy atom. The zero-order chi connectivity index (χ0) is 14.7. The number of nitrogens with two attached hydrogens (primary N) is 1. The number of nitrogen functional groups attached to an aromatic ring is 1. The molecule has 1 fully saturated rings. The highest BCUT2D eigenvalue weighted by molar-refractivity contribution is 5.39. The summed E-state index contributed by atoms with van der Waals surface area (Å²) in [5.41, 5.74) is 2.51. The lowest BCUT2D eigenvalue weighted by atomic mass is 10.3. The van der Waals surface area contributed by atoms with Crippen molar-refractivity contribution in [3.05, 3.63) is 18.7 Å². The first kappa shape index (κ1) is 13.7. The third-order valence-electron chi connectivity index (χ3n) is 3.43. The van der Waals surface area contributed by atoms with E-state index in [0.29, 0.717) is 17.8 Å². The van der Waals surface area contributed by atoms with Crippen molar-refractivity contribution in [1.29, 1.82) is 0 Å². The molecule has 0 unspecified atom stereocenters. The Morgan fingerprint density at radius 3 is 2.86 bits per heavy atom. The third kappa shape index (κ3) is 3.27. The van der Waals surface area contributed by atoms with E-state index in [4.69, 9.17) is 5.84 Å². The zero-order valence-corrected chi connectivity index (χ0v) is 12.1. The maximum Gasteiger partial charge on any atom is 0.243 e. The first-order chi connectivity index (χ1) is 10.3. The average Bonchev–Trinajstić information content (AvgIpc) is 3.16. The predicted molar refractivity (Wildman–Crippen MR) is 80.0 cm³/mol. The Labute approximate surface area is 123 Å². The fourth-order valence-corrected chi connectivity index (χ4v) is 2.21. The van der Waals surface area contributed by atoms with E-state index in [9.17, 15) is 0 Å². The molecule has 8 heteroatoms. The Hall–Kier alpha value is -2.22. The van der Waals surface area contributed by atoms with E-state index >= 15 is 0 Å². The topological polar surface area (TPSA) is 97.8 Å². The minimum absolute atomic E-state index is 0.362. The van der Waals surface area contributed by atoms with Crippen molar-refractivity contribution >= 4 is 11.9 Å². The van der Waals surface area contributed by atoms with Crippen LogP contribution in [-0.4, -0.2) is 37.6 Å². The molecule has 3 N–H and O–H groups in total. The van der Waals surface area contributed by atoms with Crippen molar-refractivity contribution in [3.8, 4) is 5.95 Å². The fourth-order valence-electron chi connectivity index (χ4n) is 2.21. The average molecular weight is 288 g/mol. The number of hydrazine groups is 1. The summed E-state index contributed by atoms with van der Waals surface area (Å²) in [5.74, 6) is 7.79. The summed E-state index contributed by atoms with van der Waals surface area (Å²) in [5, 5.41) is 0. The molecule has 1 aliphatic rings. The molecule has 8 nitrogen and oxygen atoms in total. The molecule has 0 radical (unpaired) electrons. The van der Waals surface area contributed by atoms with Gasteiger partial charge in [0.1, 0.15) is 6.33 Å². The first-order valence-corrected chi connectivity index (χ1v) is 7.26. The number of hydrogen-bond acceptors (Lipinski definition) is 7. The van der Waals surface area contributed by atoms with Crippen molar-refractivity contribution in [2.45, 2.75) is 26.2 Å². The van der Waals surface area contributed by atoms with Gasteiger partial charge in [-0.1, -0.05) is 6.92 Å². The molecular weight excluding hydrogens is 268 g/mol. The van der Waals surface area contributed by atoms with Crippen LogP contribution in [0.5, 0.6) is 0 Å². The molecule has 0 aromatic carbocycles. The molecule has 2 aromatic heterocycles. The van der Waals surface area contributed by atoms with Crippen LogP contribution in [0.25, 0.3) is 5.95 Å². The molecule has 1 saturated carbocycles. The number of rotatable bonds is 7. The van der Waals surface area contributed by atoms with Gasteiger partial charge in [-0.25, -0.2) is 10.8 Å². The molecule has 21 heavy (non-hydrogen) atoms. The minimum atomic E-state index is 0.362. The second-order valence-electron chi connectivity index (χ2n) is 5.26. The molecule has 0 bridgehead atoms. The second-order valence-corrected chi connectivity index (χ2v) is 5.26. The zero-order valence-electron chi connectivity index (χ0n) is 12.1. The van der Waals surface area contributed by atoms with E-state index in [1.54, 1.807) is 23.3 Å². The predicted octanol–water partition coefficient (Wildman–Crippen LogP) is 0.969. The number of aromatic nitrogens is 5. The first-order valence-electron chi connectivity index (χ1n) is 7.26. The standard InChI is InChI=1S/C13H20N8/c1-2-6-20(8-10-3-4-10)12-16-11(19-14)17-13(18-12)21-7-5-15-9-21/h5,7,9-10H,2-4,6,8,14H2,1H3,(H,16,17,18,19). The maximum atomic E-state index is 5.48. The van der Waals surface area contributed by atoms with Crippen LogP contribution in [0, 0.1) is 5.92 Å². The molecule has 0 aliphatic heterocycles. The van der Waals surface area contributed by atoms with Crippen LogP contribution in [0.2, 0.25) is 0 Å². The van der Waals surface area contributed by atoms with Crippen molar-refractivity contribution in [3.63, 3.8) is 0 Å². The Morgan fingerprint density at radius 1 is 1.38 bits per heavy atom. The minimum Gasteiger partial charge on any atom is -0.340 e. The number of nitrogens with one attached hydrogen (secondary N) is 1. The molecule has 2 aromatic rings. The van der Waals surface area contributed by atoms with Gasteiger partial charge in [0.15, 0.2) is 0 Å². The van der Waals surface area contributed by atoms with Crippen LogP contribution in [0.3, 0.4) is 0 Å². The number of anilines is 2. The van der Waals surface area contributed by atoms with Gasteiger partial charge in [0.2, 0.25) is 17.8 Å². The number of nitrogens with zero attached hydrogens (tertiary/aromatic N) is 6. The molecular formula is C13H20N8. The van der Waals surface area contributed by atoms with Crippen LogP contribution in [0.15, 0.2) is 18.7 Å². The molecule has 0 saturated heterocycles. The normalized spacial score (nSPS) is 14.2. The van der Waals surface area contributed by atoms with Gasteiger partial charge in [-0.05, 0) is 25.2 Å². The Balaban J connectivity index is 1.93. The van der Waals surface area contributed by atoms with Crippen LogP contribution in [0.1, 0.15) is 26.2 Å². The lowest BCUT2D eigenvalue weighted by molar-refractivity contribution is 0.682. The summed E-state index contributed by atoms with van der Waals surface area (Å²) in [6.45, 7) is 4.07. The van der Waals surface area contributed by atoms with Crippen LogP contribution < -0.4 is 16.2 Å². The SMILES string of the molecule is CCCN(CC1CC1)c1nc(NN)nc(-n2ccnc2)n1. The molecule has 0 amide bonds. The molecule has 2 heterocycles. The largest absolute Gasteiger partial charge is 0.340 e. The van der Waals surface area contributed by atoms with Crippen LogP contribution >= 0.6 is 0 Å². The van der Waals surface area contributed by atoms with E-state index in [-0.39, 0.29) is 0 Å². The molecule has 112 valence electrons. The van der Waals surface area contributed by atoms with Gasteiger partial charge in [-0.2, -0.15) is 15.0 Å². The van der Waals surface area contributed by atoms with E-state index < -0.39 is 0 Å². The monoisotopic (exact) mass is 288 g/mol. The van der Waals surface area contributed by atoms with Crippen LogP contribution in [0.4, 0.5) is 11.9 Å². The highest BCUT2D eigenvalue weighted by Crippen LogP contribution is 2.31. The lowest BCUT2D eigenvalue weighted by Gasteiger charge is -2.22. The summed E-state index contributed by atoms with van der Waals surface area (Å²) < 4.78 is 1.74. The molecule has 0 spiro atoms. The third-order valence-corrected chi connectivity index (χ3v) is 3.43. The van der Waals surface area contributed by atoms with E-state index in [2.05, 4.69) is 37.2 Å². The summed E-state index contributed by atoms with van der Waals surface area (Å²) in [6, 6.07) is 0. The number of imidazole rings is 1. The van der Waals surface area contributed by atoms with Gasteiger partial charge in [-0.15, -0.1) is 0 Å². The van der Waals surface area contributed by atoms with Crippen LogP contribution in [-0.2, 0) is 0 Å². The van der Waals surface area contributed by atoms with Crippen molar-refractivity contribution in [2.24, 2.45) is 11.8 Å². The highest BCUT2D eigenvalue weighted by atomic mass is 15.4. The molecule has 0 atom stereocenters. The van der Waals surface area contributed by atoms with Gasteiger partial charge in [0, 0.05) is 25.5 Å². The van der Waals surface area contributed by atoms with Gasteiger partial charge in [0.05, 0.1) is 0 Å². The Bertz CT molecular complexity index is 578. The summed E-state index contributed by atoms with van der Waals surface area (Å²) in [6.07, 6.45) is 8.77. The van der Waals surface area contributed by atoms with Crippen molar-refractivity contribution in [1.82, 2.24) is 24.5 Å². The number of hydrogen-bond donors (Lipinski definition) is 2. The summed E-state index contributed by atoms with van der Waals surface area (Å²) in [7, 11) is 0. The highest BCUT2D eigenvalue weighted by Gasteiger charge is 2.25. The van der Waals surface area contributed by atoms with Crippen molar-refractivity contribution < 1.29 is 0 Å². The van der Waals surface area contributed by atoms with E-state index in [0.717, 1.165) is 25.4 Å². The quantitative estimate of drug-likeness (QED) is 0.578. The van der Waals surface area contributed by atoms with Gasteiger partial charge >= 0.3 is 0 Å². The lowest BCUT2D eigenvalue weighted by Crippen LogP contribution is -2.29. The van der Waals surface area contributed by atoms with Crippen molar-refractivity contribution in [2.75, 3.05) is 23.4 Å².